The summed E-state index contributed by atoms with van der Waals surface area (Å²) in [4.78, 5) is 22.4. The van der Waals surface area contributed by atoms with Crippen LogP contribution in [0.3, 0.4) is 0 Å². The van der Waals surface area contributed by atoms with Gasteiger partial charge in [-0.05, 0) is 13.0 Å². The molecule has 0 aliphatic carbocycles. The molecule has 0 saturated carbocycles. The van der Waals surface area contributed by atoms with Gasteiger partial charge in [0.2, 0.25) is 11.8 Å². The molecule has 3 rings (SSSR count). The van der Waals surface area contributed by atoms with Crippen LogP contribution in [-0.4, -0.2) is 48.8 Å². The van der Waals surface area contributed by atoms with E-state index in [9.17, 15) is 9.18 Å². The first-order valence-corrected chi connectivity index (χ1v) is 8.42. The van der Waals surface area contributed by atoms with E-state index in [1.54, 1.807) is 31.3 Å². The topological polar surface area (TPSA) is 73.8 Å². The Hall–Kier alpha value is -2.74. The summed E-state index contributed by atoms with van der Waals surface area (Å²) in [5, 5.41) is 0. The van der Waals surface area contributed by atoms with E-state index in [-0.39, 0.29) is 24.3 Å². The molecule has 0 N–H and O–H groups in total. The van der Waals surface area contributed by atoms with E-state index in [0.29, 0.717) is 38.1 Å². The van der Waals surface area contributed by atoms with Crippen molar-refractivity contribution in [1.82, 2.24) is 9.97 Å². The van der Waals surface area contributed by atoms with Crippen LogP contribution in [-0.2, 0) is 16.1 Å². The number of hydrogen-bond acceptors (Lipinski definition) is 7. The Morgan fingerprint density at radius 2 is 2.12 bits per heavy atom. The molecule has 26 heavy (non-hydrogen) atoms. The predicted molar refractivity (Wildman–Crippen MR) is 91.8 cm³/mol. The van der Waals surface area contributed by atoms with Crippen molar-refractivity contribution in [1.29, 1.82) is 0 Å². The lowest BCUT2D eigenvalue weighted by Crippen LogP contribution is -2.37. The van der Waals surface area contributed by atoms with Crippen molar-refractivity contribution in [3.05, 3.63) is 47.4 Å². The van der Waals surface area contributed by atoms with Crippen molar-refractivity contribution < 1.29 is 23.4 Å². The lowest BCUT2D eigenvalue weighted by molar-refractivity contribution is 0.0520. The smallest absolute Gasteiger partial charge is 0.341 e. The molecular weight excluding hydrogens is 341 g/mol. The van der Waals surface area contributed by atoms with Gasteiger partial charge in [-0.2, -0.15) is 4.98 Å². The lowest BCUT2D eigenvalue weighted by Gasteiger charge is -2.26. The van der Waals surface area contributed by atoms with E-state index >= 15 is 0 Å². The van der Waals surface area contributed by atoms with E-state index in [2.05, 4.69) is 9.97 Å². The zero-order valence-electron chi connectivity index (χ0n) is 14.5. The first-order chi connectivity index (χ1) is 12.7. The molecule has 1 saturated heterocycles. The van der Waals surface area contributed by atoms with Crippen LogP contribution >= 0.6 is 0 Å². The monoisotopic (exact) mass is 361 g/mol. The molecule has 0 radical (unpaired) electrons. The van der Waals surface area contributed by atoms with Crippen LogP contribution in [0.4, 0.5) is 10.3 Å². The number of morpholine rings is 1. The maximum atomic E-state index is 14.5. The standard InChI is InChI=1S/C18H20FN3O4/c1-2-25-17(23)14-5-3-4-13(16(14)19)12-26-15-6-7-20-18(21-15)22-8-10-24-11-9-22/h3-7H,2,8-12H2,1H3. The second-order valence-corrected chi connectivity index (χ2v) is 5.58. The first-order valence-electron chi connectivity index (χ1n) is 8.42. The molecule has 1 aromatic heterocycles. The van der Waals surface area contributed by atoms with Gasteiger partial charge in [0.15, 0.2) is 0 Å². The molecule has 1 aliphatic heterocycles. The average molecular weight is 361 g/mol. The Kier molecular flexibility index (Phi) is 5.96. The minimum atomic E-state index is -0.691. The van der Waals surface area contributed by atoms with E-state index in [1.165, 1.54) is 6.07 Å². The minimum Gasteiger partial charge on any atom is -0.473 e. The van der Waals surface area contributed by atoms with Crippen molar-refractivity contribution >= 4 is 11.9 Å². The van der Waals surface area contributed by atoms with Gasteiger partial charge in [0.25, 0.3) is 0 Å². The van der Waals surface area contributed by atoms with Gasteiger partial charge in [0.05, 0.1) is 25.4 Å². The highest BCUT2D eigenvalue weighted by atomic mass is 19.1. The van der Waals surface area contributed by atoms with Crippen LogP contribution in [0.25, 0.3) is 0 Å². The summed E-state index contributed by atoms with van der Waals surface area (Å²) in [6, 6.07) is 6.14. The molecule has 0 amide bonds. The van der Waals surface area contributed by atoms with Crippen molar-refractivity contribution in [2.45, 2.75) is 13.5 Å². The van der Waals surface area contributed by atoms with Crippen LogP contribution in [0.15, 0.2) is 30.5 Å². The molecule has 1 aliphatic rings. The van der Waals surface area contributed by atoms with Crippen molar-refractivity contribution in [3.63, 3.8) is 0 Å². The number of esters is 1. The highest BCUT2D eigenvalue weighted by Gasteiger charge is 2.17. The molecular formula is C18H20FN3O4. The van der Waals surface area contributed by atoms with Crippen LogP contribution in [0.2, 0.25) is 0 Å². The Morgan fingerprint density at radius 1 is 1.31 bits per heavy atom. The number of carbonyl (C=O) groups excluding carboxylic acids is 1. The first kappa shape index (κ1) is 18.1. The Bertz CT molecular complexity index is 766. The molecule has 0 unspecified atom stereocenters. The summed E-state index contributed by atoms with van der Waals surface area (Å²) >= 11 is 0. The molecule has 8 heteroatoms. The molecule has 1 fully saturated rings. The van der Waals surface area contributed by atoms with Crippen LogP contribution in [0.1, 0.15) is 22.8 Å². The van der Waals surface area contributed by atoms with E-state index in [0.717, 1.165) is 0 Å². The van der Waals surface area contributed by atoms with Gasteiger partial charge in [-0.25, -0.2) is 14.2 Å². The van der Waals surface area contributed by atoms with Gasteiger partial charge < -0.3 is 19.1 Å². The normalized spacial score (nSPS) is 14.2. The third-order valence-electron chi connectivity index (χ3n) is 3.86. The Labute approximate surface area is 150 Å². The molecule has 0 bridgehead atoms. The van der Waals surface area contributed by atoms with Crippen molar-refractivity contribution in [2.75, 3.05) is 37.8 Å². The van der Waals surface area contributed by atoms with Crippen LogP contribution < -0.4 is 9.64 Å². The fourth-order valence-corrected chi connectivity index (χ4v) is 2.54. The van der Waals surface area contributed by atoms with E-state index < -0.39 is 11.8 Å². The third kappa shape index (κ3) is 4.26. The number of halogens is 1. The Morgan fingerprint density at radius 3 is 2.88 bits per heavy atom. The van der Waals surface area contributed by atoms with Crippen molar-refractivity contribution in [3.8, 4) is 5.88 Å². The molecule has 138 valence electrons. The summed E-state index contributed by atoms with van der Waals surface area (Å²) in [6.45, 7) is 4.47. The highest BCUT2D eigenvalue weighted by molar-refractivity contribution is 5.89. The summed E-state index contributed by atoms with van der Waals surface area (Å²) in [5.41, 5.74) is 0.145. The highest BCUT2D eigenvalue weighted by Crippen LogP contribution is 2.18. The number of anilines is 1. The number of hydrogen-bond donors (Lipinski definition) is 0. The van der Waals surface area contributed by atoms with Gasteiger partial charge in [-0.3, -0.25) is 0 Å². The molecule has 0 atom stereocenters. The summed E-state index contributed by atoms with van der Waals surface area (Å²) in [7, 11) is 0. The molecule has 2 aromatic rings. The molecule has 7 nitrogen and oxygen atoms in total. The number of carbonyl (C=O) groups is 1. The molecule has 1 aromatic carbocycles. The maximum absolute atomic E-state index is 14.5. The average Bonchev–Trinajstić information content (AvgIpc) is 2.68. The fraction of sp³-hybridized carbons (Fsp3) is 0.389. The largest absolute Gasteiger partial charge is 0.473 e. The van der Waals surface area contributed by atoms with Crippen molar-refractivity contribution in [2.24, 2.45) is 0 Å². The number of rotatable bonds is 6. The zero-order chi connectivity index (χ0) is 18.4. The zero-order valence-corrected chi connectivity index (χ0v) is 14.5. The number of nitrogens with zero attached hydrogens (tertiary/aromatic N) is 3. The predicted octanol–water partition coefficient (Wildman–Crippen LogP) is 2.21. The fourth-order valence-electron chi connectivity index (χ4n) is 2.54. The summed E-state index contributed by atoms with van der Waals surface area (Å²) < 4.78 is 30.2. The van der Waals surface area contributed by atoms with Gasteiger partial charge >= 0.3 is 5.97 Å². The van der Waals surface area contributed by atoms with Gasteiger partial charge in [0, 0.05) is 30.9 Å². The number of aromatic nitrogens is 2. The third-order valence-corrected chi connectivity index (χ3v) is 3.86. The van der Waals surface area contributed by atoms with Crippen LogP contribution in [0, 0.1) is 5.82 Å². The maximum Gasteiger partial charge on any atom is 0.341 e. The van der Waals surface area contributed by atoms with Gasteiger partial charge in [-0.15, -0.1) is 0 Å². The number of benzene rings is 1. The Balaban J connectivity index is 1.69. The molecule has 0 spiro atoms. The van der Waals surface area contributed by atoms with Crippen LogP contribution in [0.5, 0.6) is 5.88 Å². The molecule has 2 heterocycles. The second-order valence-electron chi connectivity index (χ2n) is 5.58. The quantitative estimate of drug-likeness (QED) is 0.730. The SMILES string of the molecule is CCOC(=O)c1cccc(COc2ccnc(N3CCOCC3)n2)c1F. The second kappa shape index (κ2) is 8.57. The van der Waals surface area contributed by atoms with Gasteiger partial charge in [0.1, 0.15) is 12.4 Å². The summed E-state index contributed by atoms with van der Waals surface area (Å²) in [6.07, 6.45) is 1.60. The van der Waals surface area contributed by atoms with E-state index in [4.69, 9.17) is 14.2 Å². The lowest BCUT2D eigenvalue weighted by atomic mass is 10.1. The van der Waals surface area contributed by atoms with E-state index in [1.807, 2.05) is 4.90 Å². The summed E-state index contributed by atoms with van der Waals surface area (Å²) in [5.74, 6) is -0.453. The van der Waals surface area contributed by atoms with Gasteiger partial charge in [-0.1, -0.05) is 12.1 Å². The minimum absolute atomic E-state index is 0.0569. The number of ether oxygens (including phenoxy) is 3.